The highest BCUT2D eigenvalue weighted by molar-refractivity contribution is 5.79. The van der Waals surface area contributed by atoms with E-state index in [0.717, 1.165) is 45.8 Å². The molecule has 0 aromatic heterocycles. The van der Waals surface area contributed by atoms with Gasteiger partial charge >= 0.3 is 0 Å². The summed E-state index contributed by atoms with van der Waals surface area (Å²) in [5, 5.41) is 11.8. The lowest BCUT2D eigenvalue weighted by Crippen LogP contribution is -2.51. The molecule has 0 aromatic rings. The Morgan fingerprint density at radius 1 is 1.33 bits per heavy atom. The van der Waals surface area contributed by atoms with Gasteiger partial charge in [-0.2, -0.15) is 5.26 Å². The van der Waals surface area contributed by atoms with E-state index in [9.17, 15) is 4.79 Å². The smallest absolute Gasteiger partial charge is 0.227 e. The van der Waals surface area contributed by atoms with Crippen molar-refractivity contribution < 1.29 is 4.79 Å². The van der Waals surface area contributed by atoms with E-state index in [2.05, 4.69) is 23.2 Å². The predicted molar refractivity (Wildman–Crippen MR) is 68.8 cm³/mol. The van der Waals surface area contributed by atoms with Crippen LogP contribution in [0.15, 0.2) is 0 Å². The number of hydrogen-bond donors (Lipinski definition) is 1. The Bertz CT molecular complexity index is 330. The van der Waals surface area contributed by atoms with Gasteiger partial charge in [0.25, 0.3) is 0 Å². The molecule has 1 amide bonds. The van der Waals surface area contributed by atoms with Gasteiger partial charge in [0.15, 0.2) is 0 Å². The highest BCUT2D eigenvalue weighted by Gasteiger charge is 2.33. The summed E-state index contributed by atoms with van der Waals surface area (Å²) in [7, 11) is 0. The summed E-state index contributed by atoms with van der Waals surface area (Å²) in [5.74, 6) is 0.928. The Morgan fingerprint density at radius 2 is 2.06 bits per heavy atom. The number of nitriles is 1. The third-order valence-electron chi connectivity index (χ3n) is 4.06. The molecule has 0 bridgehead atoms. The van der Waals surface area contributed by atoms with Crippen LogP contribution >= 0.6 is 0 Å². The third-order valence-corrected chi connectivity index (χ3v) is 4.06. The van der Waals surface area contributed by atoms with E-state index in [1.807, 2.05) is 4.90 Å². The van der Waals surface area contributed by atoms with Gasteiger partial charge in [-0.15, -0.1) is 0 Å². The molecule has 0 spiro atoms. The molecule has 2 heterocycles. The van der Waals surface area contributed by atoms with Crippen LogP contribution in [0.4, 0.5) is 0 Å². The van der Waals surface area contributed by atoms with Gasteiger partial charge in [0.1, 0.15) is 0 Å². The number of carbonyl (C=O) groups is 1. The lowest BCUT2D eigenvalue weighted by Gasteiger charge is -2.36. The van der Waals surface area contributed by atoms with Crippen LogP contribution in [-0.4, -0.2) is 61.5 Å². The highest BCUT2D eigenvalue weighted by Crippen LogP contribution is 2.19. The largest absolute Gasteiger partial charge is 0.340 e. The topological polar surface area (TPSA) is 59.4 Å². The monoisotopic (exact) mass is 250 g/mol. The Labute approximate surface area is 109 Å². The van der Waals surface area contributed by atoms with Crippen LogP contribution < -0.4 is 5.32 Å². The van der Waals surface area contributed by atoms with Crippen molar-refractivity contribution in [2.45, 2.75) is 13.3 Å². The first-order valence-electron chi connectivity index (χ1n) is 6.81. The molecule has 0 radical (unpaired) electrons. The van der Waals surface area contributed by atoms with E-state index < -0.39 is 0 Å². The lowest BCUT2D eigenvalue weighted by molar-refractivity contribution is -0.137. The molecule has 2 saturated heterocycles. The molecule has 0 aromatic carbocycles. The molecule has 2 aliphatic rings. The van der Waals surface area contributed by atoms with Crippen molar-refractivity contribution in [2.75, 3.05) is 45.8 Å². The predicted octanol–water partition coefficient (Wildman–Crippen LogP) is -0.100. The second-order valence-corrected chi connectivity index (χ2v) is 5.32. The van der Waals surface area contributed by atoms with Gasteiger partial charge in [-0.25, -0.2) is 0 Å². The molecule has 5 heteroatoms. The molecule has 100 valence electrons. The van der Waals surface area contributed by atoms with Crippen molar-refractivity contribution in [1.29, 1.82) is 5.26 Å². The first-order valence-corrected chi connectivity index (χ1v) is 6.81. The van der Waals surface area contributed by atoms with Crippen LogP contribution in [0, 0.1) is 23.2 Å². The maximum absolute atomic E-state index is 12.3. The summed E-state index contributed by atoms with van der Waals surface area (Å²) in [6, 6.07) is 2.17. The van der Waals surface area contributed by atoms with E-state index in [1.165, 1.54) is 0 Å². The van der Waals surface area contributed by atoms with Crippen LogP contribution in [0.5, 0.6) is 0 Å². The second-order valence-electron chi connectivity index (χ2n) is 5.32. The molecule has 0 unspecified atom stereocenters. The van der Waals surface area contributed by atoms with Crippen LogP contribution in [0.2, 0.25) is 0 Å². The molecular formula is C13H22N4O. The zero-order chi connectivity index (χ0) is 13.0. The molecule has 2 aliphatic heterocycles. The summed E-state index contributed by atoms with van der Waals surface area (Å²) in [6.45, 7) is 8.20. The Kier molecular flexibility index (Phi) is 4.56. The number of hydrogen-bond acceptors (Lipinski definition) is 4. The van der Waals surface area contributed by atoms with Crippen molar-refractivity contribution in [3.63, 3.8) is 0 Å². The van der Waals surface area contributed by atoms with Gasteiger partial charge in [0, 0.05) is 45.7 Å². The molecule has 2 fully saturated rings. The summed E-state index contributed by atoms with van der Waals surface area (Å²) in [4.78, 5) is 16.6. The van der Waals surface area contributed by atoms with Gasteiger partial charge in [-0.05, 0) is 12.5 Å². The molecule has 5 nitrogen and oxygen atoms in total. The summed E-state index contributed by atoms with van der Waals surface area (Å²) in [6.07, 6.45) is 0.581. The van der Waals surface area contributed by atoms with Crippen LogP contribution in [0.3, 0.4) is 0 Å². The molecular weight excluding hydrogens is 228 g/mol. The Balaban J connectivity index is 1.79. The average Bonchev–Trinajstić information content (AvgIpc) is 2.82. The minimum atomic E-state index is 0.163. The third kappa shape index (κ3) is 3.01. The molecule has 0 aliphatic carbocycles. The van der Waals surface area contributed by atoms with Gasteiger partial charge in [0.2, 0.25) is 5.91 Å². The second kappa shape index (κ2) is 6.17. The number of carbonyl (C=O) groups excluding carboxylic acids is 1. The summed E-state index contributed by atoms with van der Waals surface area (Å²) < 4.78 is 0. The fourth-order valence-electron chi connectivity index (χ4n) is 2.78. The van der Waals surface area contributed by atoms with Crippen LogP contribution in [-0.2, 0) is 4.79 Å². The van der Waals surface area contributed by atoms with Crippen molar-refractivity contribution >= 4 is 5.91 Å². The molecule has 0 saturated carbocycles. The summed E-state index contributed by atoms with van der Waals surface area (Å²) in [5.41, 5.74) is 0. The average molecular weight is 250 g/mol. The van der Waals surface area contributed by atoms with Crippen molar-refractivity contribution in [3.8, 4) is 6.07 Å². The number of rotatable bonds is 3. The first kappa shape index (κ1) is 13.3. The quantitative estimate of drug-likeness (QED) is 0.760. The first-order chi connectivity index (χ1) is 8.72. The number of nitrogens with zero attached hydrogens (tertiary/aromatic N) is 3. The lowest BCUT2D eigenvalue weighted by atomic mass is 9.96. The standard InChI is InChI=1S/C13H22N4O/c1-11-9-15-10-12(11)13(18)17-7-5-16(6-8-17)4-2-3-14/h11-12,15H,2,4-10H2,1H3/t11-,12-/m1/s1. The molecule has 2 atom stereocenters. The molecule has 18 heavy (non-hydrogen) atoms. The maximum Gasteiger partial charge on any atom is 0.227 e. The van der Waals surface area contributed by atoms with Crippen LogP contribution in [0.1, 0.15) is 13.3 Å². The summed E-state index contributed by atoms with van der Waals surface area (Å²) >= 11 is 0. The zero-order valence-electron chi connectivity index (χ0n) is 11.1. The number of nitrogens with one attached hydrogen (secondary N) is 1. The fourth-order valence-corrected chi connectivity index (χ4v) is 2.78. The Hall–Kier alpha value is -1.12. The molecule has 2 rings (SSSR count). The van der Waals surface area contributed by atoms with E-state index in [1.54, 1.807) is 0 Å². The minimum Gasteiger partial charge on any atom is -0.340 e. The zero-order valence-corrected chi connectivity index (χ0v) is 11.1. The van der Waals surface area contributed by atoms with Crippen LogP contribution in [0.25, 0.3) is 0 Å². The van der Waals surface area contributed by atoms with Crippen molar-refractivity contribution in [2.24, 2.45) is 11.8 Å². The van der Waals surface area contributed by atoms with Gasteiger partial charge in [-0.3, -0.25) is 9.69 Å². The van der Waals surface area contributed by atoms with E-state index >= 15 is 0 Å². The van der Waals surface area contributed by atoms with E-state index in [4.69, 9.17) is 5.26 Å². The maximum atomic E-state index is 12.3. The van der Waals surface area contributed by atoms with E-state index in [-0.39, 0.29) is 5.92 Å². The Morgan fingerprint density at radius 3 is 2.61 bits per heavy atom. The minimum absolute atomic E-state index is 0.163. The number of piperazine rings is 1. The fraction of sp³-hybridized carbons (Fsp3) is 0.846. The van der Waals surface area contributed by atoms with Crippen molar-refractivity contribution in [3.05, 3.63) is 0 Å². The van der Waals surface area contributed by atoms with Gasteiger partial charge < -0.3 is 10.2 Å². The van der Waals surface area contributed by atoms with Gasteiger partial charge in [0.05, 0.1) is 12.0 Å². The van der Waals surface area contributed by atoms with Gasteiger partial charge in [-0.1, -0.05) is 6.92 Å². The number of amides is 1. The molecule has 1 N–H and O–H groups in total. The SMILES string of the molecule is C[C@@H]1CNC[C@H]1C(=O)N1CCN(CCC#N)CC1. The highest BCUT2D eigenvalue weighted by atomic mass is 16.2. The van der Waals surface area contributed by atoms with Crippen molar-refractivity contribution in [1.82, 2.24) is 15.1 Å². The van der Waals surface area contributed by atoms with E-state index in [0.29, 0.717) is 18.2 Å². The normalized spacial score (nSPS) is 29.2.